The van der Waals surface area contributed by atoms with Gasteiger partial charge in [-0.15, -0.1) is 0 Å². The maximum atomic E-state index is 10.7. The Kier molecular flexibility index (Phi) is 2.26. The van der Waals surface area contributed by atoms with E-state index in [2.05, 4.69) is 5.32 Å². The predicted molar refractivity (Wildman–Crippen MR) is 46.3 cm³/mol. The average molecular weight is 185 g/mol. The molecule has 0 spiro atoms. The molecular formula is C9H15NO3. The third-order valence-corrected chi connectivity index (χ3v) is 3.07. The van der Waals surface area contributed by atoms with E-state index in [9.17, 15) is 9.90 Å². The molecule has 2 rings (SSSR count). The van der Waals surface area contributed by atoms with Crippen LogP contribution in [0.1, 0.15) is 19.3 Å². The van der Waals surface area contributed by atoms with Crippen molar-refractivity contribution in [2.75, 3.05) is 6.54 Å². The largest absolute Gasteiger partial charge is 0.481 e. The second-order valence-corrected chi connectivity index (χ2v) is 4.10. The van der Waals surface area contributed by atoms with Crippen molar-refractivity contribution in [3.63, 3.8) is 0 Å². The van der Waals surface area contributed by atoms with E-state index in [0.717, 1.165) is 0 Å². The first-order valence-corrected chi connectivity index (χ1v) is 4.82. The lowest BCUT2D eigenvalue weighted by molar-refractivity contribution is -0.147. The number of piperidine rings is 1. The number of hydrogen-bond acceptors (Lipinski definition) is 3. The van der Waals surface area contributed by atoms with Crippen molar-refractivity contribution in [2.45, 2.75) is 31.4 Å². The highest BCUT2D eigenvalue weighted by Gasteiger charge is 2.39. The third-order valence-electron chi connectivity index (χ3n) is 3.07. The summed E-state index contributed by atoms with van der Waals surface area (Å²) < 4.78 is 0. The topological polar surface area (TPSA) is 69.6 Å². The molecule has 0 aromatic carbocycles. The SMILES string of the molecule is O=C(O)C1CNC(C2CC2)CC1O. The van der Waals surface area contributed by atoms with Crippen LogP contribution in [-0.4, -0.2) is 34.9 Å². The van der Waals surface area contributed by atoms with Gasteiger partial charge in [-0.1, -0.05) is 0 Å². The highest BCUT2D eigenvalue weighted by Crippen LogP contribution is 2.36. The lowest BCUT2D eigenvalue weighted by atomic mass is 9.90. The van der Waals surface area contributed by atoms with E-state index in [1.807, 2.05) is 0 Å². The summed E-state index contributed by atoms with van der Waals surface area (Å²) in [6.07, 6.45) is 2.38. The zero-order valence-corrected chi connectivity index (χ0v) is 7.44. The summed E-state index contributed by atoms with van der Waals surface area (Å²) in [4.78, 5) is 10.7. The summed E-state index contributed by atoms with van der Waals surface area (Å²) in [5.41, 5.74) is 0. The molecule has 4 heteroatoms. The number of carboxylic acids is 1. The van der Waals surface area contributed by atoms with Gasteiger partial charge >= 0.3 is 5.97 Å². The molecule has 2 aliphatic rings. The summed E-state index contributed by atoms with van der Waals surface area (Å²) in [5, 5.41) is 21.5. The van der Waals surface area contributed by atoms with Crippen LogP contribution in [0, 0.1) is 11.8 Å². The predicted octanol–water partition coefficient (Wildman–Crippen LogP) is -0.180. The zero-order chi connectivity index (χ0) is 9.42. The zero-order valence-electron chi connectivity index (χ0n) is 7.44. The van der Waals surface area contributed by atoms with Crippen LogP contribution in [0.5, 0.6) is 0 Å². The van der Waals surface area contributed by atoms with E-state index in [1.165, 1.54) is 12.8 Å². The van der Waals surface area contributed by atoms with Crippen molar-refractivity contribution in [3.05, 3.63) is 0 Å². The molecule has 3 atom stereocenters. The van der Waals surface area contributed by atoms with Gasteiger partial charge in [0.05, 0.1) is 12.0 Å². The smallest absolute Gasteiger partial charge is 0.310 e. The standard InChI is InChI=1S/C9H15NO3/c11-8-3-7(5-1-2-5)10-4-6(8)9(12)13/h5-8,10-11H,1-4H2,(H,12,13). The van der Waals surface area contributed by atoms with Gasteiger partial charge in [0.1, 0.15) is 0 Å². The number of carboxylic acid groups (broad SMARTS) is 1. The molecule has 3 unspecified atom stereocenters. The third kappa shape index (κ3) is 1.84. The lowest BCUT2D eigenvalue weighted by Gasteiger charge is -2.31. The Balaban J connectivity index is 1.90. The summed E-state index contributed by atoms with van der Waals surface area (Å²) in [5.74, 6) is -0.825. The van der Waals surface area contributed by atoms with Crippen molar-refractivity contribution in [1.29, 1.82) is 0 Å². The molecular weight excluding hydrogens is 170 g/mol. The monoisotopic (exact) mass is 185 g/mol. The van der Waals surface area contributed by atoms with Gasteiger partial charge in [0.2, 0.25) is 0 Å². The number of nitrogens with one attached hydrogen (secondary N) is 1. The Morgan fingerprint density at radius 1 is 1.38 bits per heavy atom. The molecule has 13 heavy (non-hydrogen) atoms. The maximum Gasteiger partial charge on any atom is 0.310 e. The molecule has 74 valence electrons. The van der Waals surface area contributed by atoms with Crippen LogP contribution in [0.3, 0.4) is 0 Å². The molecule has 0 bridgehead atoms. The van der Waals surface area contributed by atoms with Gasteiger partial charge in [-0.25, -0.2) is 0 Å². The first-order valence-electron chi connectivity index (χ1n) is 4.82. The molecule has 2 fully saturated rings. The van der Waals surface area contributed by atoms with Gasteiger partial charge in [0.15, 0.2) is 0 Å². The van der Waals surface area contributed by atoms with E-state index < -0.39 is 18.0 Å². The first-order chi connectivity index (χ1) is 6.18. The van der Waals surface area contributed by atoms with Crippen LogP contribution in [0.15, 0.2) is 0 Å². The summed E-state index contributed by atoms with van der Waals surface area (Å²) in [7, 11) is 0. The quantitative estimate of drug-likeness (QED) is 0.558. The molecule has 4 nitrogen and oxygen atoms in total. The number of aliphatic carboxylic acids is 1. The van der Waals surface area contributed by atoms with Crippen LogP contribution in [0.2, 0.25) is 0 Å². The van der Waals surface area contributed by atoms with Crippen molar-refractivity contribution >= 4 is 5.97 Å². The highest BCUT2D eigenvalue weighted by molar-refractivity contribution is 5.71. The van der Waals surface area contributed by atoms with Crippen LogP contribution < -0.4 is 5.32 Å². The van der Waals surface area contributed by atoms with Crippen LogP contribution >= 0.6 is 0 Å². The Morgan fingerprint density at radius 2 is 2.08 bits per heavy atom. The second kappa shape index (κ2) is 3.27. The Hall–Kier alpha value is -0.610. The van der Waals surface area contributed by atoms with Gasteiger partial charge in [-0.2, -0.15) is 0 Å². The summed E-state index contributed by atoms with van der Waals surface area (Å²) in [6, 6.07) is 0.352. The lowest BCUT2D eigenvalue weighted by Crippen LogP contribution is -2.50. The van der Waals surface area contributed by atoms with Crippen LogP contribution in [0.4, 0.5) is 0 Å². The van der Waals surface area contributed by atoms with Crippen molar-refractivity contribution in [1.82, 2.24) is 5.32 Å². The number of aliphatic hydroxyl groups excluding tert-OH is 1. The molecule has 1 aliphatic carbocycles. The number of rotatable bonds is 2. The molecule has 1 saturated heterocycles. The summed E-state index contributed by atoms with van der Waals surface area (Å²) >= 11 is 0. The van der Waals surface area contributed by atoms with Crippen molar-refractivity contribution in [2.24, 2.45) is 11.8 Å². The first kappa shape index (κ1) is 8.97. The van der Waals surface area contributed by atoms with E-state index in [4.69, 9.17) is 5.11 Å². The molecule has 1 saturated carbocycles. The summed E-state index contributed by atoms with van der Waals surface area (Å²) in [6.45, 7) is 0.414. The van der Waals surface area contributed by atoms with E-state index in [-0.39, 0.29) is 0 Å². The molecule has 3 N–H and O–H groups in total. The van der Waals surface area contributed by atoms with Gasteiger partial charge < -0.3 is 15.5 Å². The molecule has 0 radical (unpaired) electrons. The molecule has 1 heterocycles. The highest BCUT2D eigenvalue weighted by atomic mass is 16.4. The molecule has 1 aliphatic heterocycles. The fourth-order valence-corrected chi connectivity index (χ4v) is 2.03. The van der Waals surface area contributed by atoms with E-state index in [1.54, 1.807) is 0 Å². The van der Waals surface area contributed by atoms with Crippen LogP contribution in [-0.2, 0) is 4.79 Å². The van der Waals surface area contributed by atoms with Gasteiger partial charge in [0.25, 0.3) is 0 Å². The Labute approximate surface area is 76.9 Å². The van der Waals surface area contributed by atoms with E-state index >= 15 is 0 Å². The number of hydrogen-bond donors (Lipinski definition) is 3. The maximum absolute atomic E-state index is 10.7. The van der Waals surface area contributed by atoms with Gasteiger partial charge in [-0.3, -0.25) is 4.79 Å². The molecule has 0 aromatic rings. The Morgan fingerprint density at radius 3 is 2.54 bits per heavy atom. The van der Waals surface area contributed by atoms with Crippen molar-refractivity contribution in [3.8, 4) is 0 Å². The molecule has 0 amide bonds. The van der Waals surface area contributed by atoms with Crippen molar-refractivity contribution < 1.29 is 15.0 Å². The van der Waals surface area contributed by atoms with Crippen LogP contribution in [0.25, 0.3) is 0 Å². The minimum absolute atomic E-state index is 0.352. The minimum atomic E-state index is -0.894. The minimum Gasteiger partial charge on any atom is -0.481 e. The number of aliphatic hydroxyl groups is 1. The Bertz CT molecular complexity index is 215. The van der Waals surface area contributed by atoms with Gasteiger partial charge in [0, 0.05) is 12.6 Å². The average Bonchev–Trinajstić information content (AvgIpc) is 2.85. The normalized spacial score (nSPS) is 40.2. The number of carbonyl (C=O) groups is 1. The fourth-order valence-electron chi connectivity index (χ4n) is 2.03. The fraction of sp³-hybridized carbons (Fsp3) is 0.889. The van der Waals surface area contributed by atoms with E-state index in [0.29, 0.717) is 24.9 Å². The molecule has 0 aromatic heterocycles. The van der Waals surface area contributed by atoms with Gasteiger partial charge in [-0.05, 0) is 25.2 Å². The second-order valence-electron chi connectivity index (χ2n) is 4.10.